The van der Waals surface area contributed by atoms with Crippen molar-refractivity contribution in [2.24, 2.45) is 28.9 Å². The number of hydrogen-bond acceptors (Lipinski definition) is 2. The van der Waals surface area contributed by atoms with E-state index in [2.05, 4.69) is 19.2 Å². The van der Waals surface area contributed by atoms with Gasteiger partial charge < -0.3 is 11.1 Å². The van der Waals surface area contributed by atoms with Crippen LogP contribution < -0.4 is 11.1 Å². The number of amides is 1. The Morgan fingerprint density at radius 1 is 1.16 bits per heavy atom. The summed E-state index contributed by atoms with van der Waals surface area (Å²) in [6.45, 7) is 4.43. The highest BCUT2D eigenvalue weighted by atomic mass is 16.1. The van der Waals surface area contributed by atoms with Gasteiger partial charge in [-0.15, -0.1) is 0 Å². The minimum atomic E-state index is -0.109. The van der Waals surface area contributed by atoms with Gasteiger partial charge in [0.15, 0.2) is 0 Å². The molecular weight excluding hydrogens is 236 g/mol. The summed E-state index contributed by atoms with van der Waals surface area (Å²) in [6.07, 6.45) is 9.79. The Bertz CT molecular complexity index is 340. The van der Waals surface area contributed by atoms with E-state index in [1.807, 2.05) is 0 Å². The van der Waals surface area contributed by atoms with E-state index in [0.29, 0.717) is 5.41 Å². The predicted molar refractivity (Wildman–Crippen MR) is 76.5 cm³/mol. The normalized spacial score (nSPS) is 40.5. The van der Waals surface area contributed by atoms with Gasteiger partial charge >= 0.3 is 0 Å². The van der Waals surface area contributed by atoms with Gasteiger partial charge in [0, 0.05) is 5.54 Å². The fourth-order valence-electron chi connectivity index (χ4n) is 5.92. The zero-order valence-electron chi connectivity index (χ0n) is 12.4. The molecule has 3 heteroatoms. The summed E-state index contributed by atoms with van der Waals surface area (Å²) >= 11 is 0. The Labute approximate surface area is 116 Å². The summed E-state index contributed by atoms with van der Waals surface area (Å²) in [5.74, 6) is 2.92. The number of hydrogen-bond donors (Lipinski definition) is 2. The third-order valence-corrected chi connectivity index (χ3v) is 5.65. The van der Waals surface area contributed by atoms with E-state index in [4.69, 9.17) is 5.73 Å². The highest BCUT2D eigenvalue weighted by Gasteiger charge is 2.52. The maximum atomic E-state index is 11.6. The van der Waals surface area contributed by atoms with Crippen LogP contribution in [-0.2, 0) is 4.79 Å². The number of carbonyl (C=O) groups excluding carboxylic acids is 1. The van der Waals surface area contributed by atoms with Crippen molar-refractivity contribution in [3.63, 3.8) is 0 Å². The number of rotatable bonds is 4. The molecule has 0 aromatic rings. The second-order valence-electron chi connectivity index (χ2n) is 8.23. The van der Waals surface area contributed by atoms with E-state index in [1.165, 1.54) is 38.5 Å². The molecule has 0 radical (unpaired) electrons. The summed E-state index contributed by atoms with van der Waals surface area (Å²) in [6, 6.07) is 0. The molecule has 0 unspecified atom stereocenters. The lowest BCUT2D eigenvalue weighted by Crippen LogP contribution is -2.53. The first-order chi connectivity index (χ1) is 8.90. The second-order valence-corrected chi connectivity index (χ2v) is 8.23. The van der Waals surface area contributed by atoms with E-state index in [-0.39, 0.29) is 18.0 Å². The summed E-state index contributed by atoms with van der Waals surface area (Å²) in [5.41, 5.74) is 5.83. The Morgan fingerprint density at radius 2 is 1.63 bits per heavy atom. The minimum Gasteiger partial charge on any atom is -0.350 e. The topological polar surface area (TPSA) is 55.1 Å². The van der Waals surface area contributed by atoms with Crippen molar-refractivity contribution in [1.29, 1.82) is 0 Å². The monoisotopic (exact) mass is 264 g/mol. The van der Waals surface area contributed by atoms with Crippen LogP contribution in [-0.4, -0.2) is 18.0 Å². The van der Waals surface area contributed by atoms with E-state index in [1.54, 1.807) is 0 Å². The number of carbonyl (C=O) groups is 1. The van der Waals surface area contributed by atoms with Crippen molar-refractivity contribution in [2.45, 2.75) is 64.3 Å². The lowest BCUT2D eigenvalue weighted by molar-refractivity contribution is -0.122. The largest absolute Gasteiger partial charge is 0.350 e. The lowest BCUT2D eigenvalue weighted by atomic mass is 9.48. The maximum absolute atomic E-state index is 11.6. The molecule has 4 aliphatic rings. The van der Waals surface area contributed by atoms with Crippen molar-refractivity contribution in [2.75, 3.05) is 6.54 Å². The molecule has 1 amide bonds. The van der Waals surface area contributed by atoms with Crippen molar-refractivity contribution in [3.05, 3.63) is 0 Å². The minimum absolute atomic E-state index is 0.0188. The van der Waals surface area contributed by atoms with Crippen LogP contribution in [0, 0.1) is 23.2 Å². The zero-order valence-corrected chi connectivity index (χ0v) is 12.4. The molecule has 3 nitrogen and oxygen atoms in total. The molecule has 0 spiro atoms. The third-order valence-electron chi connectivity index (χ3n) is 5.65. The SMILES string of the molecule is CC(C)(CC12CC3CC(CC(C3)C1)C2)NC(=O)CN. The molecule has 0 aliphatic heterocycles. The first-order valence-corrected chi connectivity index (χ1v) is 7.91. The summed E-state index contributed by atoms with van der Waals surface area (Å²) in [4.78, 5) is 11.6. The molecule has 3 N–H and O–H groups in total. The Kier molecular flexibility index (Phi) is 3.16. The summed E-state index contributed by atoms with van der Waals surface area (Å²) in [5, 5.41) is 3.12. The molecule has 4 saturated carbocycles. The van der Waals surface area contributed by atoms with E-state index >= 15 is 0 Å². The van der Waals surface area contributed by atoms with Gasteiger partial charge in [0.05, 0.1) is 6.54 Å². The molecule has 0 aromatic heterocycles. The average Bonchev–Trinajstić information content (AvgIpc) is 2.24. The summed E-state index contributed by atoms with van der Waals surface area (Å²) in [7, 11) is 0. The van der Waals surface area contributed by atoms with Gasteiger partial charge in [-0.1, -0.05) is 0 Å². The number of nitrogens with one attached hydrogen (secondary N) is 1. The van der Waals surface area contributed by atoms with Crippen LogP contribution in [0.3, 0.4) is 0 Å². The quantitative estimate of drug-likeness (QED) is 0.819. The van der Waals surface area contributed by atoms with Gasteiger partial charge in [0.1, 0.15) is 0 Å². The first-order valence-electron chi connectivity index (χ1n) is 7.91. The van der Waals surface area contributed by atoms with Gasteiger partial charge in [-0.3, -0.25) is 4.79 Å². The molecule has 0 atom stereocenters. The van der Waals surface area contributed by atoms with Crippen LogP contribution >= 0.6 is 0 Å². The van der Waals surface area contributed by atoms with Crippen LogP contribution in [0.25, 0.3) is 0 Å². The van der Waals surface area contributed by atoms with Crippen molar-refractivity contribution >= 4 is 5.91 Å². The molecule has 0 aromatic carbocycles. The van der Waals surface area contributed by atoms with E-state index < -0.39 is 0 Å². The lowest BCUT2D eigenvalue weighted by Gasteiger charge is -2.58. The maximum Gasteiger partial charge on any atom is 0.234 e. The van der Waals surface area contributed by atoms with Crippen molar-refractivity contribution in [3.8, 4) is 0 Å². The van der Waals surface area contributed by atoms with Gasteiger partial charge in [-0.2, -0.15) is 0 Å². The third kappa shape index (κ3) is 2.67. The Morgan fingerprint density at radius 3 is 2.05 bits per heavy atom. The van der Waals surface area contributed by atoms with Crippen LogP contribution in [0.15, 0.2) is 0 Å². The van der Waals surface area contributed by atoms with Gasteiger partial charge in [0.25, 0.3) is 0 Å². The molecule has 4 rings (SSSR count). The van der Waals surface area contributed by atoms with Gasteiger partial charge in [-0.05, 0) is 82.0 Å². The van der Waals surface area contributed by atoms with Gasteiger partial charge in [-0.25, -0.2) is 0 Å². The predicted octanol–water partition coefficient (Wildman–Crippen LogP) is 2.45. The Hall–Kier alpha value is -0.570. The van der Waals surface area contributed by atoms with Crippen molar-refractivity contribution in [1.82, 2.24) is 5.32 Å². The number of nitrogens with two attached hydrogens (primary N) is 1. The fourth-order valence-corrected chi connectivity index (χ4v) is 5.92. The first kappa shape index (κ1) is 13.4. The van der Waals surface area contributed by atoms with Gasteiger partial charge in [0.2, 0.25) is 5.91 Å². The molecule has 0 saturated heterocycles. The molecular formula is C16H28N2O. The molecule has 0 heterocycles. The zero-order chi connectivity index (χ0) is 13.7. The van der Waals surface area contributed by atoms with Crippen LogP contribution in [0.1, 0.15) is 58.8 Å². The van der Waals surface area contributed by atoms with Crippen LogP contribution in [0.4, 0.5) is 0 Å². The summed E-state index contributed by atoms with van der Waals surface area (Å²) < 4.78 is 0. The highest BCUT2D eigenvalue weighted by molar-refractivity contribution is 5.78. The van der Waals surface area contributed by atoms with E-state index in [9.17, 15) is 4.79 Å². The fraction of sp³-hybridized carbons (Fsp3) is 0.938. The smallest absolute Gasteiger partial charge is 0.234 e. The van der Waals surface area contributed by atoms with Crippen LogP contribution in [0.5, 0.6) is 0 Å². The molecule has 4 aliphatic carbocycles. The van der Waals surface area contributed by atoms with E-state index in [0.717, 1.165) is 24.2 Å². The Balaban J connectivity index is 1.70. The average molecular weight is 264 g/mol. The second kappa shape index (κ2) is 4.47. The standard InChI is InChI=1S/C16H28N2O/c1-15(2,18-14(19)9-17)10-16-6-11-3-12(7-16)5-13(4-11)8-16/h11-13H,3-10,17H2,1-2H3,(H,18,19). The van der Waals surface area contributed by atoms with Crippen molar-refractivity contribution < 1.29 is 4.79 Å². The molecule has 4 fully saturated rings. The molecule has 4 bridgehead atoms. The van der Waals surface area contributed by atoms with Crippen LogP contribution in [0.2, 0.25) is 0 Å². The molecule has 108 valence electrons. The molecule has 19 heavy (non-hydrogen) atoms. The highest BCUT2D eigenvalue weighted by Crippen LogP contribution is 2.62.